The fourth-order valence-electron chi connectivity index (χ4n) is 2.45. The second-order valence-electron chi connectivity index (χ2n) is 5.59. The van der Waals surface area contributed by atoms with Crippen LogP contribution in [-0.2, 0) is 15.8 Å². The highest BCUT2D eigenvalue weighted by Gasteiger charge is 2.18. The Balaban J connectivity index is 2.16. The van der Waals surface area contributed by atoms with Crippen LogP contribution in [-0.4, -0.2) is 8.42 Å². The molecule has 5 heteroatoms. The van der Waals surface area contributed by atoms with E-state index in [0.29, 0.717) is 10.6 Å². The Hall–Kier alpha value is -1.36. The highest BCUT2D eigenvalue weighted by molar-refractivity contribution is 7.88. The van der Waals surface area contributed by atoms with Crippen molar-refractivity contribution in [2.24, 2.45) is 0 Å². The van der Waals surface area contributed by atoms with Gasteiger partial charge < -0.3 is 0 Å². The zero-order valence-electron chi connectivity index (χ0n) is 12.9. The summed E-state index contributed by atoms with van der Waals surface area (Å²) in [7, 11) is -3.44. The zero-order chi connectivity index (χ0) is 16.3. The zero-order valence-corrected chi connectivity index (χ0v) is 14.5. The van der Waals surface area contributed by atoms with Crippen LogP contribution in [0.5, 0.6) is 0 Å². The van der Waals surface area contributed by atoms with Crippen molar-refractivity contribution in [3.05, 3.63) is 69.7 Å². The maximum atomic E-state index is 12.3. The average Bonchev–Trinajstić information content (AvgIpc) is 2.40. The van der Waals surface area contributed by atoms with Crippen molar-refractivity contribution in [2.45, 2.75) is 32.6 Å². The summed E-state index contributed by atoms with van der Waals surface area (Å²) in [5, 5.41) is 0.537. The van der Waals surface area contributed by atoms with Crippen molar-refractivity contribution in [3.63, 3.8) is 0 Å². The third kappa shape index (κ3) is 4.57. The van der Waals surface area contributed by atoms with Gasteiger partial charge in [-0.15, -0.1) is 0 Å². The number of hydrogen-bond acceptors (Lipinski definition) is 2. The third-order valence-corrected chi connectivity index (χ3v) is 5.16. The Kier molecular flexibility index (Phi) is 5.27. The molecule has 0 aliphatic heterocycles. The fourth-order valence-corrected chi connectivity index (χ4v) is 4.03. The van der Waals surface area contributed by atoms with Crippen LogP contribution in [0.2, 0.25) is 5.02 Å². The molecule has 1 unspecified atom stereocenters. The van der Waals surface area contributed by atoms with Gasteiger partial charge in [-0.2, -0.15) is 0 Å². The molecule has 22 heavy (non-hydrogen) atoms. The van der Waals surface area contributed by atoms with Gasteiger partial charge in [0.15, 0.2) is 0 Å². The molecule has 2 aromatic rings. The topological polar surface area (TPSA) is 46.2 Å². The molecule has 0 bridgehead atoms. The molecule has 3 nitrogen and oxygen atoms in total. The number of sulfonamides is 1. The van der Waals surface area contributed by atoms with Crippen LogP contribution in [0.3, 0.4) is 0 Å². The first-order valence-corrected chi connectivity index (χ1v) is 9.11. The fraction of sp³-hybridized carbons (Fsp3) is 0.294. The molecule has 0 fully saturated rings. The smallest absolute Gasteiger partial charge is 0.212 e. The third-order valence-electron chi connectivity index (χ3n) is 3.50. The summed E-state index contributed by atoms with van der Waals surface area (Å²) >= 11 is 5.90. The van der Waals surface area contributed by atoms with Crippen LogP contribution in [0.15, 0.2) is 42.5 Å². The van der Waals surface area contributed by atoms with E-state index in [-0.39, 0.29) is 11.8 Å². The van der Waals surface area contributed by atoms with E-state index in [0.717, 1.165) is 16.7 Å². The summed E-state index contributed by atoms with van der Waals surface area (Å²) in [5.41, 5.74) is 3.85. The summed E-state index contributed by atoms with van der Waals surface area (Å²) in [6.07, 6.45) is 0. The number of rotatable bonds is 5. The number of benzene rings is 2. The molecule has 0 radical (unpaired) electrons. The minimum atomic E-state index is -3.44. The summed E-state index contributed by atoms with van der Waals surface area (Å²) in [6.45, 7) is 5.84. The second kappa shape index (κ2) is 6.82. The number of nitrogens with one attached hydrogen (secondary N) is 1. The molecule has 0 amide bonds. The van der Waals surface area contributed by atoms with Gasteiger partial charge in [0.1, 0.15) is 0 Å². The van der Waals surface area contributed by atoms with Crippen molar-refractivity contribution in [2.75, 3.05) is 0 Å². The average molecular weight is 338 g/mol. The lowest BCUT2D eigenvalue weighted by molar-refractivity contribution is 0.565. The number of aryl methyl sites for hydroxylation is 2. The van der Waals surface area contributed by atoms with Crippen LogP contribution in [0.1, 0.15) is 35.2 Å². The summed E-state index contributed by atoms with van der Waals surface area (Å²) < 4.78 is 27.4. The minimum Gasteiger partial charge on any atom is -0.212 e. The second-order valence-corrected chi connectivity index (χ2v) is 7.78. The van der Waals surface area contributed by atoms with Gasteiger partial charge >= 0.3 is 0 Å². The van der Waals surface area contributed by atoms with E-state index in [1.807, 2.05) is 39.0 Å². The van der Waals surface area contributed by atoms with Crippen LogP contribution < -0.4 is 4.72 Å². The number of halogens is 1. The first kappa shape index (κ1) is 17.0. The van der Waals surface area contributed by atoms with Gasteiger partial charge in [-0.1, -0.05) is 47.5 Å². The van der Waals surface area contributed by atoms with E-state index in [1.54, 1.807) is 24.3 Å². The molecule has 2 aromatic carbocycles. The number of hydrogen-bond donors (Lipinski definition) is 1. The molecule has 0 spiro atoms. The predicted octanol–water partition coefficient (Wildman–Crippen LogP) is 4.14. The quantitative estimate of drug-likeness (QED) is 0.891. The van der Waals surface area contributed by atoms with E-state index in [1.165, 1.54) is 0 Å². The first-order chi connectivity index (χ1) is 10.3. The Morgan fingerprint density at radius 3 is 2.55 bits per heavy atom. The molecule has 0 heterocycles. The molecule has 1 N–H and O–H groups in total. The van der Waals surface area contributed by atoms with Gasteiger partial charge in [0, 0.05) is 11.1 Å². The van der Waals surface area contributed by atoms with E-state index in [2.05, 4.69) is 4.72 Å². The van der Waals surface area contributed by atoms with Crippen molar-refractivity contribution in [1.29, 1.82) is 0 Å². The van der Waals surface area contributed by atoms with E-state index >= 15 is 0 Å². The molecule has 0 aliphatic rings. The molecule has 0 aliphatic carbocycles. The highest BCUT2D eigenvalue weighted by atomic mass is 35.5. The Labute approximate surface area is 137 Å². The Morgan fingerprint density at radius 2 is 1.86 bits per heavy atom. The van der Waals surface area contributed by atoms with Gasteiger partial charge in [-0.3, -0.25) is 0 Å². The molecule has 2 rings (SSSR count). The predicted molar refractivity (Wildman–Crippen MR) is 91.5 cm³/mol. The van der Waals surface area contributed by atoms with Gasteiger partial charge in [-0.25, -0.2) is 13.1 Å². The van der Waals surface area contributed by atoms with E-state index in [9.17, 15) is 8.42 Å². The van der Waals surface area contributed by atoms with Crippen molar-refractivity contribution < 1.29 is 8.42 Å². The van der Waals surface area contributed by atoms with Crippen LogP contribution in [0.25, 0.3) is 0 Å². The normalized spacial score (nSPS) is 13.1. The monoisotopic (exact) mass is 337 g/mol. The van der Waals surface area contributed by atoms with Crippen LogP contribution in [0, 0.1) is 13.8 Å². The molecule has 0 aromatic heterocycles. The van der Waals surface area contributed by atoms with Crippen molar-refractivity contribution in [1.82, 2.24) is 4.72 Å². The lowest BCUT2D eigenvalue weighted by atomic mass is 10.0. The van der Waals surface area contributed by atoms with Gasteiger partial charge in [0.25, 0.3) is 0 Å². The molecular formula is C17H20ClNO2S. The van der Waals surface area contributed by atoms with E-state index in [4.69, 9.17) is 11.6 Å². The Morgan fingerprint density at radius 1 is 1.14 bits per heavy atom. The van der Waals surface area contributed by atoms with Gasteiger partial charge in [-0.05, 0) is 49.6 Å². The molecule has 118 valence electrons. The molecule has 1 atom stereocenters. The maximum absolute atomic E-state index is 12.3. The van der Waals surface area contributed by atoms with Gasteiger partial charge in [0.05, 0.1) is 5.75 Å². The molecular weight excluding hydrogens is 318 g/mol. The van der Waals surface area contributed by atoms with Crippen molar-refractivity contribution >= 4 is 21.6 Å². The lowest BCUT2D eigenvalue weighted by Crippen LogP contribution is -2.28. The maximum Gasteiger partial charge on any atom is 0.216 e. The summed E-state index contributed by atoms with van der Waals surface area (Å²) in [6, 6.07) is 12.7. The largest absolute Gasteiger partial charge is 0.216 e. The Bertz CT molecular complexity index is 772. The lowest BCUT2D eigenvalue weighted by Gasteiger charge is -2.17. The SMILES string of the molecule is Cc1ccc(C)c(C(C)NS(=O)(=O)Cc2cccc(Cl)c2)c1. The minimum absolute atomic E-state index is 0.0806. The molecule has 0 saturated carbocycles. The van der Waals surface area contributed by atoms with Crippen LogP contribution in [0.4, 0.5) is 0 Å². The van der Waals surface area contributed by atoms with Crippen LogP contribution >= 0.6 is 11.6 Å². The molecule has 0 saturated heterocycles. The van der Waals surface area contributed by atoms with Gasteiger partial charge in [0.2, 0.25) is 10.0 Å². The highest BCUT2D eigenvalue weighted by Crippen LogP contribution is 2.21. The van der Waals surface area contributed by atoms with Crippen molar-refractivity contribution in [3.8, 4) is 0 Å². The van der Waals surface area contributed by atoms with E-state index < -0.39 is 10.0 Å². The standard InChI is InChI=1S/C17H20ClNO2S/c1-12-7-8-13(2)17(9-12)14(3)19-22(20,21)11-15-5-4-6-16(18)10-15/h4-10,14,19H,11H2,1-3H3. The first-order valence-electron chi connectivity index (χ1n) is 7.08. The summed E-state index contributed by atoms with van der Waals surface area (Å²) in [4.78, 5) is 0. The summed E-state index contributed by atoms with van der Waals surface area (Å²) in [5.74, 6) is -0.0806.